The van der Waals surface area contributed by atoms with Gasteiger partial charge in [0.25, 0.3) is 5.91 Å². The van der Waals surface area contributed by atoms with E-state index in [-0.39, 0.29) is 30.6 Å². The smallest absolute Gasteiger partial charge is 0.251 e. The zero-order chi connectivity index (χ0) is 13.3. The fraction of sp³-hybridized carbons (Fsp3) is 0.500. The van der Waals surface area contributed by atoms with E-state index in [2.05, 4.69) is 5.32 Å². The summed E-state index contributed by atoms with van der Waals surface area (Å²) in [6.07, 6.45) is 4.16. The Hall–Kier alpha value is -1.46. The summed E-state index contributed by atoms with van der Waals surface area (Å²) < 4.78 is 10.5. The molecule has 6 heteroatoms. The lowest BCUT2D eigenvalue weighted by molar-refractivity contribution is 0.0902. The van der Waals surface area contributed by atoms with Gasteiger partial charge in [0.1, 0.15) is 0 Å². The predicted molar refractivity (Wildman–Crippen MR) is 77.5 cm³/mol. The third kappa shape index (κ3) is 2.69. The van der Waals surface area contributed by atoms with Crippen molar-refractivity contribution < 1.29 is 14.3 Å². The van der Waals surface area contributed by atoms with Crippen LogP contribution in [-0.4, -0.2) is 24.8 Å². The minimum absolute atomic E-state index is 0. The van der Waals surface area contributed by atoms with Crippen LogP contribution < -0.4 is 20.5 Å². The molecule has 2 aliphatic rings. The van der Waals surface area contributed by atoms with Gasteiger partial charge in [0.05, 0.1) is 5.54 Å². The molecule has 3 N–H and O–H groups in total. The van der Waals surface area contributed by atoms with Gasteiger partial charge < -0.3 is 20.5 Å². The average molecular weight is 299 g/mol. The summed E-state index contributed by atoms with van der Waals surface area (Å²) >= 11 is 0. The maximum absolute atomic E-state index is 12.3. The molecule has 0 saturated heterocycles. The van der Waals surface area contributed by atoms with Crippen molar-refractivity contribution in [1.82, 2.24) is 5.32 Å². The number of nitrogens with two attached hydrogens (primary N) is 1. The zero-order valence-electron chi connectivity index (χ0n) is 11.2. The predicted octanol–water partition coefficient (Wildman–Crippen LogP) is 1.84. The van der Waals surface area contributed by atoms with E-state index in [0.29, 0.717) is 23.6 Å². The van der Waals surface area contributed by atoms with Gasteiger partial charge >= 0.3 is 0 Å². The molecule has 1 saturated carbocycles. The van der Waals surface area contributed by atoms with E-state index >= 15 is 0 Å². The van der Waals surface area contributed by atoms with Crippen LogP contribution in [0, 0.1) is 0 Å². The van der Waals surface area contributed by atoms with Crippen molar-refractivity contribution >= 4 is 18.3 Å². The molecular formula is C14H19ClN2O3. The van der Waals surface area contributed by atoms with Gasteiger partial charge in [-0.1, -0.05) is 12.8 Å². The molecule has 20 heavy (non-hydrogen) atoms. The number of nitrogens with one attached hydrogen (secondary N) is 1. The third-order valence-electron chi connectivity index (χ3n) is 3.96. The lowest BCUT2D eigenvalue weighted by Gasteiger charge is -2.28. The van der Waals surface area contributed by atoms with E-state index < -0.39 is 0 Å². The average Bonchev–Trinajstić information content (AvgIpc) is 3.06. The summed E-state index contributed by atoms with van der Waals surface area (Å²) in [4.78, 5) is 12.3. The van der Waals surface area contributed by atoms with Gasteiger partial charge in [-0.3, -0.25) is 4.79 Å². The molecule has 1 aliphatic carbocycles. The molecular weight excluding hydrogens is 280 g/mol. The van der Waals surface area contributed by atoms with Crippen molar-refractivity contribution in [3.8, 4) is 11.5 Å². The molecule has 0 unspecified atom stereocenters. The third-order valence-corrected chi connectivity index (χ3v) is 3.96. The molecule has 0 atom stereocenters. The van der Waals surface area contributed by atoms with Crippen molar-refractivity contribution in [2.45, 2.75) is 31.2 Å². The van der Waals surface area contributed by atoms with Crippen LogP contribution in [0.25, 0.3) is 0 Å². The number of halogens is 1. The quantitative estimate of drug-likeness (QED) is 0.893. The number of ether oxygens (including phenoxy) is 2. The molecule has 0 radical (unpaired) electrons. The number of fused-ring (bicyclic) bond motifs is 1. The van der Waals surface area contributed by atoms with Crippen molar-refractivity contribution in [3.05, 3.63) is 23.8 Å². The summed E-state index contributed by atoms with van der Waals surface area (Å²) in [6, 6.07) is 5.24. The van der Waals surface area contributed by atoms with Crippen LogP contribution >= 0.6 is 12.4 Å². The number of amides is 1. The first-order valence-electron chi connectivity index (χ1n) is 6.65. The highest BCUT2D eigenvalue weighted by Crippen LogP contribution is 2.33. The SMILES string of the molecule is Cl.NCC1(NC(=O)c2ccc3c(c2)OCO3)CCCC1. The molecule has 5 nitrogen and oxygen atoms in total. The van der Waals surface area contributed by atoms with Gasteiger partial charge in [-0.05, 0) is 31.0 Å². The minimum atomic E-state index is -0.229. The Morgan fingerprint density at radius 1 is 1.25 bits per heavy atom. The molecule has 1 aromatic rings. The molecule has 1 amide bonds. The lowest BCUT2D eigenvalue weighted by atomic mass is 9.97. The second-order valence-electron chi connectivity index (χ2n) is 5.21. The van der Waals surface area contributed by atoms with Crippen LogP contribution in [0.5, 0.6) is 11.5 Å². The van der Waals surface area contributed by atoms with Gasteiger partial charge in [0.2, 0.25) is 6.79 Å². The molecule has 3 rings (SSSR count). The monoisotopic (exact) mass is 298 g/mol. The van der Waals surface area contributed by atoms with Crippen LogP contribution in [0.15, 0.2) is 18.2 Å². The van der Waals surface area contributed by atoms with Crippen molar-refractivity contribution in [1.29, 1.82) is 0 Å². The highest BCUT2D eigenvalue weighted by Gasteiger charge is 2.34. The van der Waals surface area contributed by atoms with Crippen LogP contribution in [0.3, 0.4) is 0 Å². The van der Waals surface area contributed by atoms with E-state index in [4.69, 9.17) is 15.2 Å². The Kier molecular flexibility index (Phi) is 4.40. The number of rotatable bonds is 3. The summed E-state index contributed by atoms with van der Waals surface area (Å²) in [6.45, 7) is 0.705. The number of benzene rings is 1. The minimum Gasteiger partial charge on any atom is -0.454 e. The Balaban J connectivity index is 0.00000147. The molecule has 1 aliphatic heterocycles. The molecule has 1 fully saturated rings. The van der Waals surface area contributed by atoms with E-state index in [0.717, 1.165) is 25.7 Å². The molecule has 1 aromatic carbocycles. The number of carbonyl (C=O) groups is 1. The fourth-order valence-electron chi connectivity index (χ4n) is 2.78. The summed E-state index contributed by atoms with van der Waals surface area (Å²) in [7, 11) is 0. The maximum atomic E-state index is 12.3. The van der Waals surface area contributed by atoms with Gasteiger partial charge in [-0.2, -0.15) is 0 Å². The van der Waals surface area contributed by atoms with Crippen molar-refractivity contribution in [2.24, 2.45) is 5.73 Å². The van der Waals surface area contributed by atoms with Gasteiger partial charge in [-0.25, -0.2) is 0 Å². The molecule has 0 aromatic heterocycles. The Morgan fingerprint density at radius 3 is 2.65 bits per heavy atom. The van der Waals surface area contributed by atoms with E-state index in [1.165, 1.54) is 0 Å². The van der Waals surface area contributed by atoms with Crippen LogP contribution in [0.2, 0.25) is 0 Å². The maximum Gasteiger partial charge on any atom is 0.251 e. The number of carbonyl (C=O) groups excluding carboxylic acids is 1. The zero-order valence-corrected chi connectivity index (χ0v) is 12.0. The molecule has 0 spiro atoms. The first kappa shape index (κ1) is 14.9. The molecule has 1 heterocycles. The largest absolute Gasteiger partial charge is 0.454 e. The van der Waals surface area contributed by atoms with Gasteiger partial charge in [0.15, 0.2) is 11.5 Å². The van der Waals surface area contributed by atoms with Gasteiger partial charge in [-0.15, -0.1) is 12.4 Å². The lowest BCUT2D eigenvalue weighted by Crippen LogP contribution is -2.51. The highest BCUT2D eigenvalue weighted by molar-refractivity contribution is 5.95. The summed E-state index contributed by atoms with van der Waals surface area (Å²) in [5.74, 6) is 1.22. The van der Waals surface area contributed by atoms with Crippen molar-refractivity contribution in [2.75, 3.05) is 13.3 Å². The molecule has 110 valence electrons. The number of hydrogen-bond donors (Lipinski definition) is 2. The first-order chi connectivity index (χ1) is 9.22. The summed E-state index contributed by atoms with van der Waals surface area (Å²) in [5, 5.41) is 3.09. The van der Waals surface area contributed by atoms with Gasteiger partial charge in [0, 0.05) is 12.1 Å². The topological polar surface area (TPSA) is 73.6 Å². The van der Waals surface area contributed by atoms with Crippen molar-refractivity contribution in [3.63, 3.8) is 0 Å². The van der Waals surface area contributed by atoms with Crippen LogP contribution in [0.1, 0.15) is 36.0 Å². The highest BCUT2D eigenvalue weighted by atomic mass is 35.5. The van der Waals surface area contributed by atoms with Crippen LogP contribution in [-0.2, 0) is 0 Å². The Morgan fingerprint density at radius 2 is 1.95 bits per heavy atom. The standard InChI is InChI=1S/C14H18N2O3.ClH/c15-8-14(5-1-2-6-14)16-13(17)10-3-4-11-12(7-10)19-9-18-11;/h3-4,7H,1-2,5-6,8-9,15H2,(H,16,17);1H. The fourth-order valence-corrected chi connectivity index (χ4v) is 2.78. The normalized spacial score (nSPS) is 18.4. The number of hydrogen-bond acceptors (Lipinski definition) is 4. The first-order valence-corrected chi connectivity index (χ1v) is 6.65. The van der Waals surface area contributed by atoms with E-state index in [1.807, 2.05) is 0 Å². The Labute approximate surface area is 124 Å². The van der Waals surface area contributed by atoms with E-state index in [9.17, 15) is 4.79 Å². The second-order valence-corrected chi connectivity index (χ2v) is 5.21. The van der Waals surface area contributed by atoms with Crippen LogP contribution in [0.4, 0.5) is 0 Å². The summed E-state index contributed by atoms with van der Waals surface area (Å²) in [5.41, 5.74) is 6.18. The second kappa shape index (κ2) is 5.89. The molecule has 0 bridgehead atoms. The Bertz CT molecular complexity index is 501. The van der Waals surface area contributed by atoms with E-state index in [1.54, 1.807) is 18.2 Å².